The fraction of sp³-hybridized carbons (Fsp3) is 0.462. The van der Waals surface area contributed by atoms with Gasteiger partial charge >= 0.3 is 5.69 Å². The van der Waals surface area contributed by atoms with E-state index in [0.29, 0.717) is 28.7 Å². The number of imidazole rings is 1. The van der Waals surface area contributed by atoms with Crippen LogP contribution in [-0.2, 0) is 13.6 Å². The summed E-state index contributed by atoms with van der Waals surface area (Å²) in [7, 11) is 1.57. The number of halogens is 1. The Morgan fingerprint density at radius 1 is 1.48 bits per heavy atom. The van der Waals surface area contributed by atoms with Crippen LogP contribution < -0.4 is 16.6 Å². The predicted molar refractivity (Wildman–Crippen MR) is 84.0 cm³/mol. The fourth-order valence-electron chi connectivity index (χ4n) is 2.00. The van der Waals surface area contributed by atoms with Gasteiger partial charge in [0.05, 0.1) is 0 Å². The van der Waals surface area contributed by atoms with Crippen LogP contribution in [0.3, 0.4) is 0 Å². The number of rotatable bonds is 5. The molecule has 0 aliphatic carbocycles. The third-order valence-corrected chi connectivity index (χ3v) is 3.25. The van der Waals surface area contributed by atoms with Gasteiger partial charge in [-0.2, -0.15) is 4.98 Å². The molecule has 0 fully saturated rings. The highest BCUT2D eigenvalue weighted by Crippen LogP contribution is 2.16. The molecule has 8 heteroatoms. The molecule has 0 unspecified atom stereocenters. The molecule has 0 atom stereocenters. The van der Waals surface area contributed by atoms with Gasteiger partial charge in [0, 0.05) is 25.2 Å². The molecule has 0 radical (unpaired) electrons. The first-order chi connectivity index (χ1) is 9.95. The van der Waals surface area contributed by atoms with Gasteiger partial charge in [0.2, 0.25) is 5.95 Å². The van der Waals surface area contributed by atoms with Crippen molar-refractivity contribution in [3.63, 3.8) is 0 Å². The predicted octanol–water partition coefficient (Wildman–Crippen LogP) is 1.39. The number of hydrogen-bond acceptors (Lipinski definition) is 4. The molecular weight excluding hydrogens is 294 g/mol. The number of nitrogens with zero attached hydrogens (tertiary/aromatic N) is 3. The molecule has 0 aromatic carbocycles. The molecule has 0 bridgehead atoms. The third-order valence-electron chi connectivity index (χ3n) is 3.10. The molecule has 2 N–H and O–H groups in total. The van der Waals surface area contributed by atoms with Crippen molar-refractivity contribution in [1.29, 1.82) is 0 Å². The molecule has 2 heterocycles. The highest BCUT2D eigenvalue weighted by molar-refractivity contribution is 6.29. The fourth-order valence-corrected chi connectivity index (χ4v) is 2.07. The van der Waals surface area contributed by atoms with E-state index >= 15 is 0 Å². The number of nitrogens with one attached hydrogen (secondary N) is 2. The zero-order valence-electron chi connectivity index (χ0n) is 12.2. The lowest BCUT2D eigenvalue weighted by Crippen LogP contribution is -2.29. The zero-order chi connectivity index (χ0) is 15.6. The molecule has 0 amide bonds. The first-order valence-corrected chi connectivity index (χ1v) is 7.09. The first kappa shape index (κ1) is 15.4. The van der Waals surface area contributed by atoms with Crippen molar-refractivity contribution < 1.29 is 0 Å². The van der Waals surface area contributed by atoms with Crippen molar-refractivity contribution in [3.8, 4) is 0 Å². The summed E-state index contributed by atoms with van der Waals surface area (Å²) in [6.45, 7) is 4.92. The number of allylic oxidation sites excluding steroid dienone is 2. The molecule has 0 saturated carbocycles. The Hall–Kier alpha value is -2.02. The van der Waals surface area contributed by atoms with Gasteiger partial charge in [-0.1, -0.05) is 24.6 Å². The van der Waals surface area contributed by atoms with E-state index < -0.39 is 11.2 Å². The standard InChI is InChI=1S/C13H18ClN5O2/c1-4-6-15-12-16-10-9(19(12)7-5-8(2)14)11(20)17-13(21)18(10)3/h5H,4,6-7H2,1-3H3,(H,15,16)(H,17,20,21). The summed E-state index contributed by atoms with van der Waals surface area (Å²) in [5.74, 6) is 0.549. The SMILES string of the molecule is CCCNc1nc2c(c(=O)[nH]c(=O)n2C)n1CC=C(C)Cl. The van der Waals surface area contributed by atoms with Crippen LogP contribution in [0.25, 0.3) is 11.2 Å². The number of hydrogen-bond donors (Lipinski definition) is 2. The van der Waals surface area contributed by atoms with Gasteiger partial charge in [0.1, 0.15) is 0 Å². The van der Waals surface area contributed by atoms with E-state index in [0.717, 1.165) is 13.0 Å². The number of fused-ring (bicyclic) bond motifs is 1. The highest BCUT2D eigenvalue weighted by atomic mass is 35.5. The number of anilines is 1. The maximum absolute atomic E-state index is 12.1. The zero-order valence-corrected chi connectivity index (χ0v) is 13.0. The normalized spacial score (nSPS) is 12.1. The van der Waals surface area contributed by atoms with Gasteiger partial charge in [0.15, 0.2) is 11.2 Å². The van der Waals surface area contributed by atoms with E-state index in [1.165, 1.54) is 4.57 Å². The van der Waals surface area contributed by atoms with Crippen LogP contribution in [-0.4, -0.2) is 25.6 Å². The average Bonchev–Trinajstić information content (AvgIpc) is 2.79. The minimum atomic E-state index is -0.483. The van der Waals surface area contributed by atoms with Crippen molar-refractivity contribution >= 4 is 28.7 Å². The average molecular weight is 312 g/mol. The summed E-state index contributed by atoms with van der Waals surface area (Å²) >= 11 is 5.86. The summed E-state index contributed by atoms with van der Waals surface area (Å²) in [6, 6.07) is 0. The van der Waals surface area contributed by atoms with Gasteiger partial charge in [-0.3, -0.25) is 14.3 Å². The number of aryl methyl sites for hydroxylation is 1. The van der Waals surface area contributed by atoms with Gasteiger partial charge in [-0.05, 0) is 13.3 Å². The van der Waals surface area contributed by atoms with E-state index in [9.17, 15) is 9.59 Å². The number of aromatic nitrogens is 4. The molecule has 0 spiro atoms. The molecular formula is C13H18ClN5O2. The second kappa shape index (κ2) is 6.17. The minimum absolute atomic E-state index is 0.350. The van der Waals surface area contributed by atoms with Crippen molar-refractivity contribution in [2.75, 3.05) is 11.9 Å². The molecule has 0 aliphatic rings. The molecule has 2 rings (SSSR count). The van der Waals surface area contributed by atoms with E-state index in [4.69, 9.17) is 11.6 Å². The van der Waals surface area contributed by atoms with Gasteiger partial charge in [-0.25, -0.2) is 4.79 Å². The lowest BCUT2D eigenvalue weighted by atomic mass is 10.4. The summed E-state index contributed by atoms with van der Waals surface area (Å²) < 4.78 is 3.04. The highest BCUT2D eigenvalue weighted by Gasteiger charge is 2.16. The molecule has 0 aliphatic heterocycles. The van der Waals surface area contributed by atoms with Crippen LogP contribution in [0.4, 0.5) is 5.95 Å². The van der Waals surface area contributed by atoms with Gasteiger partial charge < -0.3 is 9.88 Å². The second-order valence-electron chi connectivity index (χ2n) is 4.75. The maximum atomic E-state index is 12.1. The van der Waals surface area contributed by atoms with Gasteiger partial charge in [0.25, 0.3) is 5.56 Å². The first-order valence-electron chi connectivity index (χ1n) is 6.71. The van der Waals surface area contributed by atoms with Crippen LogP contribution in [0.5, 0.6) is 0 Å². The molecule has 114 valence electrons. The van der Waals surface area contributed by atoms with Crippen LogP contribution in [0.2, 0.25) is 0 Å². The smallest absolute Gasteiger partial charge is 0.329 e. The Kier molecular flexibility index (Phi) is 4.52. The van der Waals surface area contributed by atoms with Crippen LogP contribution in [0.1, 0.15) is 20.3 Å². The second-order valence-corrected chi connectivity index (χ2v) is 5.35. The molecule has 21 heavy (non-hydrogen) atoms. The topological polar surface area (TPSA) is 84.7 Å². The van der Waals surface area contributed by atoms with E-state index in [2.05, 4.69) is 15.3 Å². The van der Waals surface area contributed by atoms with Gasteiger partial charge in [-0.15, -0.1) is 0 Å². The minimum Gasteiger partial charge on any atom is -0.356 e. The maximum Gasteiger partial charge on any atom is 0.329 e. The lowest BCUT2D eigenvalue weighted by Gasteiger charge is -2.07. The van der Waals surface area contributed by atoms with Crippen LogP contribution in [0.15, 0.2) is 20.7 Å². The van der Waals surface area contributed by atoms with Crippen molar-refractivity contribution in [3.05, 3.63) is 31.9 Å². The Morgan fingerprint density at radius 3 is 2.81 bits per heavy atom. The number of aromatic amines is 1. The summed E-state index contributed by atoms with van der Waals surface area (Å²) in [4.78, 5) is 30.4. The summed E-state index contributed by atoms with van der Waals surface area (Å²) in [5, 5.41) is 3.79. The van der Waals surface area contributed by atoms with Crippen molar-refractivity contribution in [2.24, 2.45) is 7.05 Å². The molecule has 2 aromatic rings. The van der Waals surface area contributed by atoms with Crippen LogP contribution >= 0.6 is 11.6 Å². The monoisotopic (exact) mass is 311 g/mol. The Bertz CT molecular complexity index is 795. The summed E-state index contributed by atoms with van der Waals surface area (Å²) in [5.41, 5.74) is -0.234. The Balaban J connectivity index is 2.70. The third kappa shape index (κ3) is 3.02. The van der Waals surface area contributed by atoms with E-state index in [1.54, 1.807) is 24.6 Å². The Labute approximate surface area is 126 Å². The lowest BCUT2D eigenvalue weighted by molar-refractivity contribution is 0.815. The van der Waals surface area contributed by atoms with E-state index in [-0.39, 0.29) is 0 Å². The number of H-pyrrole nitrogens is 1. The molecule has 7 nitrogen and oxygen atoms in total. The summed E-state index contributed by atoms with van der Waals surface area (Å²) in [6.07, 6.45) is 2.70. The molecule has 0 saturated heterocycles. The largest absolute Gasteiger partial charge is 0.356 e. The van der Waals surface area contributed by atoms with E-state index in [1.807, 2.05) is 6.92 Å². The Morgan fingerprint density at radius 2 is 2.19 bits per heavy atom. The van der Waals surface area contributed by atoms with Crippen LogP contribution in [0, 0.1) is 0 Å². The van der Waals surface area contributed by atoms with Crippen molar-refractivity contribution in [2.45, 2.75) is 26.8 Å². The quantitative estimate of drug-likeness (QED) is 0.874. The van der Waals surface area contributed by atoms with Crippen molar-refractivity contribution in [1.82, 2.24) is 19.1 Å². The molecule has 2 aromatic heterocycles.